The highest BCUT2D eigenvalue weighted by Gasteiger charge is 2.36. The largest absolute Gasteiger partial charge is 0.368 e. The average Bonchev–Trinajstić information content (AvgIpc) is 2.54. The number of nitrogens with one attached hydrogen (secondary N) is 1. The fourth-order valence-corrected chi connectivity index (χ4v) is 4.20. The van der Waals surface area contributed by atoms with Crippen molar-refractivity contribution in [3.05, 3.63) is 29.8 Å². The van der Waals surface area contributed by atoms with Crippen molar-refractivity contribution in [1.29, 1.82) is 0 Å². The van der Waals surface area contributed by atoms with Crippen molar-refractivity contribution in [3.8, 4) is 0 Å². The minimum atomic E-state index is -3.80. The lowest BCUT2D eigenvalue weighted by Crippen LogP contribution is -2.50. The van der Waals surface area contributed by atoms with Crippen molar-refractivity contribution in [2.45, 2.75) is 30.2 Å². The Morgan fingerprint density at radius 3 is 2.41 bits per heavy atom. The number of hydrogen-bond acceptors (Lipinski definition) is 4. The second kappa shape index (κ2) is 6.45. The normalized spacial score (nSPS) is 19.6. The molecule has 0 bridgehead atoms. The number of nitrogens with two attached hydrogens (primary N) is 1. The molecule has 120 valence electrons. The van der Waals surface area contributed by atoms with E-state index in [9.17, 15) is 18.0 Å². The van der Waals surface area contributed by atoms with Gasteiger partial charge in [-0.3, -0.25) is 9.59 Å². The molecule has 0 spiro atoms. The van der Waals surface area contributed by atoms with Gasteiger partial charge in [-0.1, -0.05) is 6.42 Å². The second-order valence-electron chi connectivity index (χ2n) is 5.13. The van der Waals surface area contributed by atoms with Crippen LogP contribution in [0.1, 0.15) is 29.6 Å². The molecule has 1 aromatic rings. The quantitative estimate of drug-likeness (QED) is 0.816. The Kier molecular flexibility index (Phi) is 4.82. The Morgan fingerprint density at radius 1 is 1.23 bits per heavy atom. The molecule has 1 atom stereocenters. The van der Waals surface area contributed by atoms with Gasteiger partial charge in [0.25, 0.3) is 5.91 Å². The molecular weight excluding hydrogens is 306 g/mol. The molecule has 22 heavy (non-hydrogen) atoms. The molecule has 0 aromatic heterocycles. The highest BCUT2D eigenvalue weighted by molar-refractivity contribution is 7.89. The fourth-order valence-electron chi connectivity index (χ4n) is 2.54. The maximum Gasteiger partial charge on any atom is 0.251 e. The number of carbonyl (C=O) groups is 2. The van der Waals surface area contributed by atoms with Crippen molar-refractivity contribution in [1.82, 2.24) is 9.62 Å². The molecule has 7 nitrogen and oxygen atoms in total. The number of sulfonamides is 1. The van der Waals surface area contributed by atoms with Crippen molar-refractivity contribution in [3.63, 3.8) is 0 Å². The Balaban J connectivity index is 2.32. The fraction of sp³-hybridized carbons (Fsp3) is 0.429. The second-order valence-corrected chi connectivity index (χ2v) is 7.02. The van der Waals surface area contributed by atoms with Crippen LogP contribution in [0, 0.1) is 0 Å². The number of rotatable bonds is 4. The molecule has 1 heterocycles. The molecule has 1 aromatic carbocycles. The maximum atomic E-state index is 12.7. The minimum absolute atomic E-state index is 0.0494. The van der Waals surface area contributed by atoms with Crippen molar-refractivity contribution in [2.75, 3.05) is 13.6 Å². The van der Waals surface area contributed by atoms with Crippen molar-refractivity contribution in [2.24, 2.45) is 5.73 Å². The van der Waals surface area contributed by atoms with E-state index in [0.29, 0.717) is 18.4 Å². The van der Waals surface area contributed by atoms with E-state index in [-0.39, 0.29) is 17.3 Å². The Bertz CT molecular complexity index is 670. The van der Waals surface area contributed by atoms with E-state index in [0.717, 1.165) is 10.7 Å². The van der Waals surface area contributed by atoms with E-state index in [4.69, 9.17) is 5.73 Å². The molecule has 1 aliphatic rings. The van der Waals surface area contributed by atoms with Crippen molar-refractivity contribution < 1.29 is 18.0 Å². The summed E-state index contributed by atoms with van der Waals surface area (Å²) in [6.07, 6.45) is 1.90. The van der Waals surface area contributed by atoms with Gasteiger partial charge in [0.2, 0.25) is 15.9 Å². The third-order valence-corrected chi connectivity index (χ3v) is 5.65. The van der Waals surface area contributed by atoms with E-state index < -0.39 is 22.0 Å². The summed E-state index contributed by atoms with van der Waals surface area (Å²) in [6.45, 7) is 0.271. The molecule has 2 amide bonds. The summed E-state index contributed by atoms with van der Waals surface area (Å²) >= 11 is 0. The summed E-state index contributed by atoms with van der Waals surface area (Å²) in [5.74, 6) is -0.929. The van der Waals surface area contributed by atoms with E-state index in [1.54, 1.807) is 0 Å². The van der Waals surface area contributed by atoms with Gasteiger partial charge in [0, 0.05) is 19.2 Å². The average molecular weight is 325 g/mol. The molecule has 1 unspecified atom stereocenters. The van der Waals surface area contributed by atoms with Crippen LogP contribution in [0.5, 0.6) is 0 Å². The SMILES string of the molecule is CNC(=O)c1ccc(S(=O)(=O)N2CCCCC2C(N)=O)cc1. The standard InChI is InChI=1S/C14H19N3O4S/c1-16-14(19)10-5-7-11(8-6-10)22(20,21)17-9-3-2-4-12(17)13(15)18/h5-8,12H,2-4,9H2,1H3,(H2,15,18)(H,16,19). The molecule has 3 N–H and O–H groups in total. The number of benzene rings is 1. The first-order valence-electron chi connectivity index (χ1n) is 7.01. The van der Waals surface area contributed by atoms with E-state index >= 15 is 0 Å². The number of amides is 2. The predicted octanol–water partition coefficient (Wildman–Crippen LogP) is 0.0747. The third-order valence-electron chi connectivity index (χ3n) is 3.73. The number of primary amides is 1. The van der Waals surface area contributed by atoms with Crippen LogP contribution in [0.2, 0.25) is 0 Å². The summed E-state index contributed by atoms with van der Waals surface area (Å²) in [4.78, 5) is 23.0. The number of nitrogens with zero attached hydrogens (tertiary/aromatic N) is 1. The summed E-state index contributed by atoms with van der Waals surface area (Å²) in [5, 5.41) is 2.46. The van der Waals surface area contributed by atoms with Gasteiger partial charge >= 0.3 is 0 Å². The van der Waals surface area contributed by atoms with Gasteiger partial charge in [-0.05, 0) is 37.1 Å². The van der Waals surface area contributed by atoms with Crippen LogP contribution in [0.3, 0.4) is 0 Å². The topological polar surface area (TPSA) is 110 Å². The highest BCUT2D eigenvalue weighted by atomic mass is 32.2. The van der Waals surface area contributed by atoms with E-state index in [2.05, 4.69) is 5.32 Å². The molecule has 0 saturated carbocycles. The van der Waals surface area contributed by atoms with E-state index in [1.807, 2.05) is 0 Å². The predicted molar refractivity (Wildman–Crippen MR) is 80.6 cm³/mol. The van der Waals surface area contributed by atoms with Gasteiger partial charge in [-0.15, -0.1) is 0 Å². The molecule has 8 heteroatoms. The molecule has 1 aliphatic heterocycles. The van der Waals surface area contributed by atoms with Crippen molar-refractivity contribution >= 4 is 21.8 Å². The lowest BCUT2D eigenvalue weighted by molar-refractivity contribution is -0.122. The van der Waals surface area contributed by atoms with Crippen LogP contribution in [0.15, 0.2) is 29.2 Å². The third kappa shape index (κ3) is 3.12. The van der Waals surface area contributed by atoms with Crippen LogP contribution >= 0.6 is 0 Å². The molecular formula is C14H19N3O4S. The van der Waals surface area contributed by atoms with Gasteiger partial charge in [0.15, 0.2) is 0 Å². The van der Waals surface area contributed by atoms with Gasteiger partial charge in [-0.2, -0.15) is 4.31 Å². The maximum absolute atomic E-state index is 12.7. The number of hydrogen-bond donors (Lipinski definition) is 2. The molecule has 0 radical (unpaired) electrons. The number of piperidine rings is 1. The lowest BCUT2D eigenvalue weighted by atomic mass is 10.0. The summed E-state index contributed by atoms with van der Waals surface area (Å²) in [7, 11) is -2.31. The van der Waals surface area contributed by atoms with Crippen LogP contribution in [0.25, 0.3) is 0 Å². The molecule has 2 rings (SSSR count). The van der Waals surface area contributed by atoms with Crippen LogP contribution < -0.4 is 11.1 Å². The lowest BCUT2D eigenvalue weighted by Gasteiger charge is -2.32. The smallest absolute Gasteiger partial charge is 0.251 e. The van der Waals surface area contributed by atoms with Crippen LogP contribution in [0.4, 0.5) is 0 Å². The number of carbonyl (C=O) groups excluding carboxylic acids is 2. The first-order chi connectivity index (χ1) is 10.4. The summed E-state index contributed by atoms with van der Waals surface area (Å²) in [5.41, 5.74) is 5.68. The monoisotopic (exact) mass is 325 g/mol. The van der Waals surface area contributed by atoms with E-state index in [1.165, 1.54) is 31.3 Å². The zero-order valence-corrected chi connectivity index (χ0v) is 13.1. The van der Waals surface area contributed by atoms with Gasteiger partial charge < -0.3 is 11.1 Å². The molecule has 1 saturated heterocycles. The zero-order valence-electron chi connectivity index (χ0n) is 12.3. The minimum Gasteiger partial charge on any atom is -0.368 e. The zero-order chi connectivity index (χ0) is 16.3. The Labute approximate surface area is 129 Å². The summed E-state index contributed by atoms with van der Waals surface area (Å²) < 4.78 is 26.5. The van der Waals surface area contributed by atoms with Gasteiger partial charge in [-0.25, -0.2) is 8.42 Å². The van der Waals surface area contributed by atoms with Gasteiger partial charge in [0.05, 0.1) is 4.90 Å². The van der Waals surface area contributed by atoms with Gasteiger partial charge in [0.1, 0.15) is 6.04 Å². The first kappa shape index (κ1) is 16.4. The van der Waals surface area contributed by atoms with Crippen LogP contribution in [-0.2, 0) is 14.8 Å². The summed E-state index contributed by atoms with van der Waals surface area (Å²) in [6, 6.07) is 4.81. The Morgan fingerprint density at radius 2 is 1.86 bits per heavy atom. The molecule has 0 aliphatic carbocycles. The molecule has 1 fully saturated rings. The Hall–Kier alpha value is -1.93. The highest BCUT2D eigenvalue weighted by Crippen LogP contribution is 2.25. The first-order valence-corrected chi connectivity index (χ1v) is 8.45. The van der Waals surface area contributed by atoms with Crippen LogP contribution in [-0.4, -0.2) is 44.2 Å².